The first-order valence-corrected chi connectivity index (χ1v) is 5.07. The van der Waals surface area contributed by atoms with Gasteiger partial charge in [0.2, 0.25) is 0 Å². The van der Waals surface area contributed by atoms with E-state index < -0.39 is 0 Å². The van der Waals surface area contributed by atoms with E-state index >= 15 is 0 Å². The largest absolute Gasteiger partial charge is 0.333 e. The summed E-state index contributed by atoms with van der Waals surface area (Å²) in [4.78, 5) is 1.99. The summed E-state index contributed by atoms with van der Waals surface area (Å²) in [7, 11) is 1.98. The molecule has 14 heavy (non-hydrogen) atoms. The fourth-order valence-electron chi connectivity index (χ4n) is 1.61. The fraction of sp³-hybridized carbons (Fsp3) is 0.417. The Morgan fingerprint density at radius 1 is 1.43 bits per heavy atom. The summed E-state index contributed by atoms with van der Waals surface area (Å²) in [5.74, 6) is 1.27. The first kappa shape index (κ1) is 9.25. The van der Waals surface area contributed by atoms with Crippen molar-refractivity contribution >= 4 is 11.5 Å². The summed E-state index contributed by atoms with van der Waals surface area (Å²) in [5.41, 5.74) is 2.37. The Bertz CT molecular complexity index is 353. The van der Waals surface area contributed by atoms with Crippen molar-refractivity contribution in [1.29, 1.82) is 5.41 Å². The lowest BCUT2D eigenvalue weighted by atomic mass is 10.2. The topological polar surface area (TPSA) is 27.1 Å². The van der Waals surface area contributed by atoms with Gasteiger partial charge in [0.25, 0.3) is 0 Å². The van der Waals surface area contributed by atoms with Crippen LogP contribution in [0.1, 0.15) is 18.4 Å². The van der Waals surface area contributed by atoms with Gasteiger partial charge in [0.1, 0.15) is 5.84 Å². The average molecular weight is 188 g/mol. The second kappa shape index (κ2) is 3.45. The minimum absolute atomic E-state index is 0.514. The highest BCUT2D eigenvalue weighted by Gasteiger charge is 2.29. The van der Waals surface area contributed by atoms with Gasteiger partial charge in [0, 0.05) is 18.7 Å². The lowest BCUT2D eigenvalue weighted by Gasteiger charge is -2.20. The highest BCUT2D eigenvalue weighted by atomic mass is 15.1. The van der Waals surface area contributed by atoms with Crippen molar-refractivity contribution < 1.29 is 0 Å². The van der Waals surface area contributed by atoms with Crippen LogP contribution in [0.4, 0.5) is 5.69 Å². The van der Waals surface area contributed by atoms with Gasteiger partial charge in [-0.3, -0.25) is 5.41 Å². The van der Waals surface area contributed by atoms with Gasteiger partial charge in [-0.1, -0.05) is 12.1 Å². The van der Waals surface area contributed by atoms with E-state index in [2.05, 4.69) is 25.1 Å². The minimum atomic E-state index is 0.514. The number of aryl methyl sites for hydroxylation is 1. The molecule has 0 amide bonds. The third-order valence-corrected chi connectivity index (χ3v) is 2.71. The molecule has 0 aromatic heterocycles. The van der Waals surface area contributed by atoms with E-state index in [4.69, 9.17) is 5.41 Å². The molecular weight excluding hydrogens is 172 g/mol. The quantitative estimate of drug-likeness (QED) is 0.560. The number of nitrogens with zero attached hydrogens (tertiary/aromatic N) is 1. The van der Waals surface area contributed by atoms with Crippen molar-refractivity contribution in [2.45, 2.75) is 19.8 Å². The van der Waals surface area contributed by atoms with Crippen molar-refractivity contribution in [3.63, 3.8) is 0 Å². The van der Waals surface area contributed by atoms with Crippen LogP contribution < -0.4 is 4.90 Å². The molecule has 0 aliphatic heterocycles. The molecule has 1 N–H and O–H groups in total. The Morgan fingerprint density at radius 2 is 2.14 bits per heavy atom. The molecule has 2 heteroatoms. The molecule has 0 saturated heterocycles. The molecule has 1 aliphatic rings. The maximum atomic E-state index is 7.95. The normalized spacial score (nSPS) is 15.3. The Hall–Kier alpha value is -1.31. The van der Waals surface area contributed by atoms with Crippen molar-refractivity contribution in [3.8, 4) is 0 Å². The molecule has 1 aromatic carbocycles. The number of hydrogen-bond donors (Lipinski definition) is 1. The minimum Gasteiger partial charge on any atom is -0.333 e. The first-order valence-electron chi connectivity index (χ1n) is 5.07. The lowest BCUT2D eigenvalue weighted by Crippen LogP contribution is -2.26. The SMILES string of the molecule is Cc1cccc(N(C)C(=N)C2CC2)c1. The number of hydrogen-bond acceptors (Lipinski definition) is 1. The van der Waals surface area contributed by atoms with Gasteiger partial charge in [0.15, 0.2) is 0 Å². The fourth-order valence-corrected chi connectivity index (χ4v) is 1.61. The van der Waals surface area contributed by atoms with E-state index in [1.54, 1.807) is 0 Å². The maximum Gasteiger partial charge on any atom is 0.103 e. The van der Waals surface area contributed by atoms with Gasteiger partial charge in [-0.05, 0) is 37.5 Å². The summed E-state index contributed by atoms with van der Waals surface area (Å²) in [6.07, 6.45) is 2.38. The summed E-state index contributed by atoms with van der Waals surface area (Å²) in [6.45, 7) is 2.08. The van der Waals surface area contributed by atoms with E-state index in [-0.39, 0.29) is 0 Å². The van der Waals surface area contributed by atoms with Crippen LogP contribution in [-0.2, 0) is 0 Å². The summed E-state index contributed by atoms with van der Waals surface area (Å²) < 4.78 is 0. The van der Waals surface area contributed by atoms with Gasteiger partial charge < -0.3 is 4.90 Å². The molecule has 1 aromatic rings. The Kier molecular flexibility index (Phi) is 2.28. The zero-order valence-electron chi connectivity index (χ0n) is 8.75. The van der Waals surface area contributed by atoms with E-state index in [1.165, 1.54) is 18.4 Å². The van der Waals surface area contributed by atoms with Crippen molar-refractivity contribution in [1.82, 2.24) is 0 Å². The van der Waals surface area contributed by atoms with Gasteiger partial charge in [-0.25, -0.2) is 0 Å². The number of anilines is 1. The highest BCUT2D eigenvalue weighted by molar-refractivity contribution is 5.98. The van der Waals surface area contributed by atoms with Crippen LogP contribution in [0.3, 0.4) is 0 Å². The predicted molar refractivity (Wildman–Crippen MR) is 60.0 cm³/mol. The lowest BCUT2D eigenvalue weighted by molar-refractivity contribution is 1.07. The molecule has 2 nitrogen and oxygen atoms in total. The van der Waals surface area contributed by atoms with Crippen LogP contribution in [0.25, 0.3) is 0 Å². The van der Waals surface area contributed by atoms with E-state index in [1.807, 2.05) is 18.0 Å². The summed E-state index contributed by atoms with van der Waals surface area (Å²) >= 11 is 0. The summed E-state index contributed by atoms with van der Waals surface area (Å²) in [5, 5.41) is 7.95. The smallest absolute Gasteiger partial charge is 0.103 e. The second-order valence-electron chi connectivity index (χ2n) is 4.06. The second-order valence-corrected chi connectivity index (χ2v) is 4.06. The molecule has 1 fully saturated rings. The third-order valence-electron chi connectivity index (χ3n) is 2.71. The Labute approximate surface area is 85.1 Å². The third kappa shape index (κ3) is 1.79. The number of rotatable bonds is 2. The first-order chi connectivity index (χ1) is 6.68. The van der Waals surface area contributed by atoms with Gasteiger partial charge in [-0.2, -0.15) is 0 Å². The van der Waals surface area contributed by atoms with Crippen LogP contribution in [0.5, 0.6) is 0 Å². The van der Waals surface area contributed by atoms with Crippen LogP contribution >= 0.6 is 0 Å². The molecule has 0 bridgehead atoms. The highest BCUT2D eigenvalue weighted by Crippen LogP contribution is 2.32. The van der Waals surface area contributed by atoms with Crippen molar-refractivity contribution in [2.75, 3.05) is 11.9 Å². The van der Waals surface area contributed by atoms with Crippen molar-refractivity contribution in [3.05, 3.63) is 29.8 Å². The number of amidine groups is 1. The van der Waals surface area contributed by atoms with Gasteiger partial charge >= 0.3 is 0 Å². The monoisotopic (exact) mass is 188 g/mol. The molecule has 0 spiro atoms. The van der Waals surface area contributed by atoms with E-state index in [9.17, 15) is 0 Å². The average Bonchev–Trinajstić information content (AvgIpc) is 2.99. The van der Waals surface area contributed by atoms with Crippen LogP contribution in [-0.4, -0.2) is 12.9 Å². The number of nitrogens with one attached hydrogen (secondary N) is 1. The molecule has 1 saturated carbocycles. The van der Waals surface area contributed by atoms with E-state index in [0.29, 0.717) is 5.92 Å². The molecule has 0 heterocycles. The molecule has 2 rings (SSSR count). The molecule has 74 valence electrons. The van der Waals surface area contributed by atoms with E-state index in [0.717, 1.165) is 11.5 Å². The standard InChI is InChI=1S/C12H16N2/c1-9-4-3-5-11(8-9)14(2)12(13)10-6-7-10/h3-5,8,10,13H,6-7H2,1-2H3. The van der Waals surface area contributed by atoms with Crippen LogP contribution in [0, 0.1) is 18.3 Å². The number of benzene rings is 1. The zero-order chi connectivity index (χ0) is 10.1. The van der Waals surface area contributed by atoms with Gasteiger partial charge in [0.05, 0.1) is 0 Å². The molecule has 1 aliphatic carbocycles. The molecule has 0 radical (unpaired) electrons. The molecular formula is C12H16N2. The molecule has 0 atom stereocenters. The van der Waals surface area contributed by atoms with Crippen LogP contribution in [0.2, 0.25) is 0 Å². The van der Waals surface area contributed by atoms with Crippen molar-refractivity contribution in [2.24, 2.45) is 5.92 Å². The Balaban J connectivity index is 2.17. The Morgan fingerprint density at radius 3 is 2.71 bits per heavy atom. The molecule has 0 unspecified atom stereocenters. The predicted octanol–water partition coefficient (Wildman–Crippen LogP) is 2.82. The zero-order valence-corrected chi connectivity index (χ0v) is 8.75. The van der Waals surface area contributed by atoms with Gasteiger partial charge in [-0.15, -0.1) is 0 Å². The van der Waals surface area contributed by atoms with Crippen LogP contribution in [0.15, 0.2) is 24.3 Å². The maximum absolute atomic E-state index is 7.95. The summed E-state index contributed by atoms with van der Waals surface area (Å²) in [6, 6.07) is 8.31.